The molecule has 0 spiro atoms. The molecule has 3 aromatic rings. The second-order valence-corrected chi connectivity index (χ2v) is 6.34. The summed E-state index contributed by atoms with van der Waals surface area (Å²) in [5.74, 6) is -1.30. The maximum absolute atomic E-state index is 13.8. The van der Waals surface area contributed by atoms with E-state index >= 15 is 0 Å². The number of carbonyl (C=O) groups is 2. The number of alkyl halides is 3. The topological polar surface area (TPSA) is 99.2 Å². The molecule has 0 atom stereocenters. The maximum Gasteiger partial charge on any atom is 0.434 e. The van der Waals surface area contributed by atoms with E-state index < -0.39 is 29.2 Å². The number of primary amides is 1. The van der Waals surface area contributed by atoms with Crippen molar-refractivity contribution in [3.63, 3.8) is 0 Å². The van der Waals surface area contributed by atoms with Crippen LogP contribution in [0.15, 0.2) is 54.7 Å². The van der Waals surface area contributed by atoms with Gasteiger partial charge in [-0.3, -0.25) is 9.59 Å². The van der Waals surface area contributed by atoms with Crippen molar-refractivity contribution in [1.29, 1.82) is 0 Å². The first-order valence-corrected chi connectivity index (χ1v) is 8.70. The van der Waals surface area contributed by atoms with E-state index in [0.717, 1.165) is 6.20 Å². The van der Waals surface area contributed by atoms with Gasteiger partial charge in [0, 0.05) is 5.69 Å². The van der Waals surface area contributed by atoms with Gasteiger partial charge in [-0.05, 0) is 42.8 Å². The number of amides is 2. The van der Waals surface area contributed by atoms with Gasteiger partial charge in [-0.15, -0.1) is 0 Å². The Morgan fingerprint density at radius 3 is 2.40 bits per heavy atom. The van der Waals surface area contributed by atoms with Gasteiger partial charge in [0.1, 0.15) is 5.75 Å². The number of para-hydroxylation sites is 1. The Balaban J connectivity index is 1.88. The van der Waals surface area contributed by atoms with Gasteiger partial charge in [-0.2, -0.15) is 18.3 Å². The summed E-state index contributed by atoms with van der Waals surface area (Å²) in [4.78, 5) is 23.3. The maximum atomic E-state index is 13.8. The number of ether oxygens (including phenoxy) is 1. The Hall–Kier alpha value is -3.82. The lowest BCUT2D eigenvalue weighted by molar-refractivity contribution is -0.143. The number of hydrogen-bond donors (Lipinski definition) is 2. The lowest BCUT2D eigenvalue weighted by Crippen LogP contribution is -2.21. The highest BCUT2D eigenvalue weighted by Gasteiger charge is 2.40. The zero-order valence-corrected chi connectivity index (χ0v) is 15.7. The molecule has 156 valence electrons. The molecule has 0 saturated heterocycles. The molecule has 0 radical (unpaired) electrons. The highest BCUT2D eigenvalue weighted by Crippen LogP contribution is 2.34. The summed E-state index contributed by atoms with van der Waals surface area (Å²) in [7, 11) is 0. The van der Waals surface area contributed by atoms with Gasteiger partial charge in [0.05, 0.1) is 17.4 Å². The minimum absolute atomic E-state index is 0.222. The molecule has 0 bridgehead atoms. The summed E-state index contributed by atoms with van der Waals surface area (Å²) in [6.07, 6.45) is -3.92. The minimum Gasteiger partial charge on any atom is -0.484 e. The van der Waals surface area contributed by atoms with Crippen molar-refractivity contribution < 1.29 is 27.5 Å². The third-order valence-electron chi connectivity index (χ3n) is 4.12. The Kier molecular flexibility index (Phi) is 5.77. The van der Waals surface area contributed by atoms with Gasteiger partial charge in [-0.1, -0.05) is 18.2 Å². The zero-order chi connectivity index (χ0) is 21.9. The molecular formula is C20H17F3N4O3. The Bertz CT molecular complexity index is 1080. The van der Waals surface area contributed by atoms with E-state index in [0.29, 0.717) is 16.0 Å². The largest absolute Gasteiger partial charge is 0.484 e. The molecule has 0 aliphatic heterocycles. The SMILES string of the molecule is Cc1ccccc1-n1ncc(C(=O)Nc2ccc(OCC(N)=O)cc2)c1C(F)(F)F. The minimum atomic E-state index is -4.81. The summed E-state index contributed by atoms with van der Waals surface area (Å²) in [6, 6.07) is 12.2. The van der Waals surface area contributed by atoms with Gasteiger partial charge >= 0.3 is 6.18 Å². The smallest absolute Gasteiger partial charge is 0.434 e. The molecule has 2 aromatic carbocycles. The van der Waals surface area contributed by atoms with Crippen molar-refractivity contribution in [2.45, 2.75) is 13.1 Å². The zero-order valence-electron chi connectivity index (χ0n) is 15.7. The van der Waals surface area contributed by atoms with E-state index in [1.54, 1.807) is 25.1 Å². The number of anilines is 1. The number of benzene rings is 2. The van der Waals surface area contributed by atoms with Crippen molar-refractivity contribution >= 4 is 17.5 Å². The van der Waals surface area contributed by atoms with E-state index in [2.05, 4.69) is 10.4 Å². The quantitative estimate of drug-likeness (QED) is 0.642. The molecule has 0 unspecified atom stereocenters. The lowest BCUT2D eigenvalue weighted by atomic mass is 10.1. The average Bonchev–Trinajstić information content (AvgIpc) is 3.13. The number of rotatable bonds is 6. The van der Waals surface area contributed by atoms with Crippen LogP contribution in [0.1, 0.15) is 21.6 Å². The Labute approximate surface area is 169 Å². The molecule has 10 heteroatoms. The first kappa shape index (κ1) is 20.9. The van der Waals surface area contributed by atoms with Crippen LogP contribution in [-0.4, -0.2) is 28.2 Å². The molecule has 3 N–H and O–H groups in total. The van der Waals surface area contributed by atoms with Gasteiger partial charge in [0.25, 0.3) is 11.8 Å². The lowest BCUT2D eigenvalue weighted by Gasteiger charge is -2.14. The fourth-order valence-corrected chi connectivity index (χ4v) is 2.76. The van der Waals surface area contributed by atoms with Crippen LogP contribution < -0.4 is 15.8 Å². The van der Waals surface area contributed by atoms with Crippen LogP contribution in [-0.2, 0) is 11.0 Å². The third kappa shape index (κ3) is 4.59. The van der Waals surface area contributed by atoms with E-state index in [4.69, 9.17) is 10.5 Å². The number of aryl methyl sites for hydroxylation is 1. The fraction of sp³-hybridized carbons (Fsp3) is 0.150. The predicted octanol–water partition coefficient (Wildman–Crippen LogP) is 3.32. The summed E-state index contributed by atoms with van der Waals surface area (Å²) < 4.78 is 47.1. The summed E-state index contributed by atoms with van der Waals surface area (Å²) in [6.45, 7) is 1.33. The predicted molar refractivity (Wildman–Crippen MR) is 102 cm³/mol. The first-order chi connectivity index (χ1) is 14.2. The first-order valence-electron chi connectivity index (χ1n) is 8.70. The number of aromatic nitrogens is 2. The highest BCUT2D eigenvalue weighted by atomic mass is 19.4. The second-order valence-electron chi connectivity index (χ2n) is 6.34. The summed E-state index contributed by atoms with van der Waals surface area (Å²) in [5.41, 5.74) is 4.24. The van der Waals surface area contributed by atoms with Crippen LogP contribution in [0.25, 0.3) is 5.69 Å². The van der Waals surface area contributed by atoms with Crippen LogP contribution in [0.4, 0.5) is 18.9 Å². The molecule has 0 saturated carbocycles. The van der Waals surface area contributed by atoms with E-state index in [9.17, 15) is 22.8 Å². The molecule has 1 aromatic heterocycles. The van der Waals surface area contributed by atoms with Gasteiger partial charge in [-0.25, -0.2) is 4.68 Å². The third-order valence-corrected chi connectivity index (χ3v) is 4.12. The fourth-order valence-electron chi connectivity index (χ4n) is 2.76. The van der Waals surface area contributed by atoms with Crippen LogP contribution in [0, 0.1) is 6.92 Å². The molecule has 7 nitrogen and oxygen atoms in total. The molecule has 0 aliphatic rings. The van der Waals surface area contributed by atoms with Crippen LogP contribution in [0.2, 0.25) is 0 Å². The van der Waals surface area contributed by atoms with Gasteiger partial charge < -0.3 is 15.8 Å². The average molecular weight is 418 g/mol. The molecule has 0 fully saturated rings. The number of nitrogens with two attached hydrogens (primary N) is 1. The van der Waals surface area contributed by atoms with Crippen molar-refractivity contribution in [3.05, 3.63) is 71.5 Å². The molecular weight excluding hydrogens is 401 g/mol. The van der Waals surface area contributed by atoms with E-state index in [1.807, 2.05) is 0 Å². The number of hydrogen-bond acceptors (Lipinski definition) is 4. The molecule has 30 heavy (non-hydrogen) atoms. The van der Waals surface area contributed by atoms with Crippen molar-refractivity contribution in [2.75, 3.05) is 11.9 Å². The molecule has 0 aliphatic carbocycles. The van der Waals surface area contributed by atoms with Gasteiger partial charge in [0.2, 0.25) is 0 Å². The van der Waals surface area contributed by atoms with Crippen LogP contribution in [0.5, 0.6) is 5.75 Å². The van der Waals surface area contributed by atoms with Crippen LogP contribution in [0.3, 0.4) is 0 Å². The monoisotopic (exact) mass is 418 g/mol. The Morgan fingerprint density at radius 2 is 1.80 bits per heavy atom. The van der Waals surface area contributed by atoms with Crippen molar-refractivity contribution in [2.24, 2.45) is 5.73 Å². The van der Waals surface area contributed by atoms with E-state index in [1.165, 1.54) is 30.3 Å². The molecule has 1 heterocycles. The van der Waals surface area contributed by atoms with Gasteiger partial charge in [0.15, 0.2) is 12.3 Å². The number of carbonyl (C=O) groups excluding carboxylic acids is 2. The Morgan fingerprint density at radius 1 is 1.13 bits per heavy atom. The standard InChI is InChI=1S/C20H17F3N4O3/c1-12-4-2-3-5-16(12)27-18(20(21,22)23)15(10-25-27)19(29)26-13-6-8-14(9-7-13)30-11-17(24)28/h2-10H,11H2,1H3,(H2,24,28)(H,26,29). The van der Waals surface area contributed by atoms with E-state index in [-0.39, 0.29) is 18.0 Å². The molecule has 2 amide bonds. The normalized spacial score (nSPS) is 11.2. The number of nitrogens with one attached hydrogen (secondary N) is 1. The number of nitrogens with zero attached hydrogens (tertiary/aromatic N) is 2. The van der Waals surface area contributed by atoms with Crippen LogP contribution >= 0.6 is 0 Å². The van der Waals surface area contributed by atoms with Crippen molar-refractivity contribution in [1.82, 2.24) is 9.78 Å². The van der Waals surface area contributed by atoms with Crippen molar-refractivity contribution in [3.8, 4) is 11.4 Å². The number of halogens is 3. The summed E-state index contributed by atoms with van der Waals surface area (Å²) in [5, 5.41) is 6.21. The molecule has 3 rings (SSSR count). The summed E-state index contributed by atoms with van der Waals surface area (Å²) >= 11 is 0. The highest BCUT2D eigenvalue weighted by molar-refractivity contribution is 6.05. The second kappa shape index (κ2) is 8.27.